The van der Waals surface area contributed by atoms with Crippen molar-refractivity contribution in [1.82, 2.24) is 25.1 Å². The molecule has 0 radical (unpaired) electrons. The van der Waals surface area contributed by atoms with Gasteiger partial charge in [0.05, 0.1) is 63.2 Å². The number of carbonyl (C=O) groups is 6. The van der Waals surface area contributed by atoms with Gasteiger partial charge in [-0.1, -0.05) is 82.7 Å². The van der Waals surface area contributed by atoms with Gasteiger partial charge >= 0.3 is 7.82 Å². The van der Waals surface area contributed by atoms with Gasteiger partial charge in [0.2, 0.25) is 23.6 Å². The number of Topliss-reactive ketones (excluding diaryl/α,β-unsaturated/α-hetero) is 2. The number of ketones is 2. The lowest BCUT2D eigenvalue weighted by Crippen LogP contribution is -2.52. The third-order valence-electron chi connectivity index (χ3n) is 12.3. The molecular weight excluding hydrogens is 900 g/mol. The van der Waals surface area contributed by atoms with E-state index in [1.165, 1.54) is 29.7 Å². The van der Waals surface area contributed by atoms with Gasteiger partial charge in [0.15, 0.2) is 11.6 Å². The first-order chi connectivity index (χ1) is 32.4. The molecule has 0 aliphatic carbocycles. The summed E-state index contributed by atoms with van der Waals surface area (Å²) in [5.74, 6) is -6.61. The van der Waals surface area contributed by atoms with E-state index in [9.17, 15) is 48.2 Å². The van der Waals surface area contributed by atoms with Gasteiger partial charge in [-0.05, 0) is 56.9 Å². The highest BCUT2D eigenvalue weighted by atomic mass is 31.2. The summed E-state index contributed by atoms with van der Waals surface area (Å²) in [6.45, 7) is 5.89. The molecular formula is C48H77N6O13P. The molecule has 7 N–H and O–H groups in total. The van der Waals surface area contributed by atoms with Gasteiger partial charge in [0.25, 0.3) is 0 Å². The number of hydrogen-bond acceptors (Lipinski definition) is 12. The number of aromatic nitrogens is 2. The lowest BCUT2D eigenvalue weighted by molar-refractivity contribution is -0.140. The lowest BCUT2D eigenvalue weighted by atomic mass is 9.89. The van der Waals surface area contributed by atoms with Crippen molar-refractivity contribution in [2.24, 2.45) is 23.5 Å². The molecule has 6 atom stereocenters. The van der Waals surface area contributed by atoms with E-state index in [0.717, 1.165) is 45.4 Å². The number of nitrogens with two attached hydrogens (primary N) is 1. The van der Waals surface area contributed by atoms with E-state index < -0.39 is 86.2 Å². The number of aliphatic hydroxyl groups is 1. The molecule has 1 saturated heterocycles. The Morgan fingerprint density at radius 3 is 2.18 bits per heavy atom. The quantitative estimate of drug-likeness (QED) is 0.0417. The van der Waals surface area contributed by atoms with Crippen molar-refractivity contribution in [3.8, 4) is 0 Å². The predicted octanol–water partition coefficient (Wildman–Crippen LogP) is 3.98. The minimum Gasteiger partial charge on any atom is -0.394 e. The molecule has 3 rings (SSSR count). The fraction of sp³-hybridized carbons (Fsp3) is 0.688. The van der Waals surface area contributed by atoms with Crippen LogP contribution in [0.3, 0.4) is 0 Å². The van der Waals surface area contributed by atoms with Crippen molar-refractivity contribution >= 4 is 43.0 Å². The van der Waals surface area contributed by atoms with Crippen molar-refractivity contribution in [2.45, 2.75) is 154 Å². The number of phosphoric acid groups is 1. The maximum Gasteiger partial charge on any atom is 0.469 e. The molecule has 0 saturated carbocycles. The van der Waals surface area contributed by atoms with Crippen LogP contribution in [0.25, 0.3) is 0 Å². The smallest absolute Gasteiger partial charge is 0.394 e. The molecule has 68 heavy (non-hydrogen) atoms. The number of phosphoric ester groups is 1. The summed E-state index contributed by atoms with van der Waals surface area (Å²) in [6, 6.07) is 7.09. The number of methoxy groups -OCH3 is 1. The first-order valence-corrected chi connectivity index (χ1v) is 25.7. The average Bonchev–Trinajstić information content (AvgIpc) is 3.97. The highest BCUT2D eigenvalue weighted by molar-refractivity contribution is 7.46. The zero-order chi connectivity index (χ0) is 50.1. The Balaban J connectivity index is 1.73. The van der Waals surface area contributed by atoms with E-state index >= 15 is 0 Å². The van der Waals surface area contributed by atoms with Crippen molar-refractivity contribution in [3.63, 3.8) is 0 Å². The molecule has 1 aliphatic rings. The first kappa shape index (κ1) is 58.0. The Labute approximate surface area is 401 Å². The third-order valence-corrected chi connectivity index (χ3v) is 12.9. The molecule has 1 aromatic heterocycles. The van der Waals surface area contributed by atoms with Crippen LogP contribution < -0.4 is 16.4 Å². The summed E-state index contributed by atoms with van der Waals surface area (Å²) in [4.78, 5) is 106. The zero-order valence-electron chi connectivity index (χ0n) is 40.4. The van der Waals surface area contributed by atoms with E-state index in [2.05, 4.69) is 44.4 Å². The zero-order valence-corrected chi connectivity index (χ0v) is 41.3. The summed E-state index contributed by atoms with van der Waals surface area (Å²) in [5, 5.41) is 15.7. The number of nitrogens with one attached hydrogen (secondary N) is 2. The number of rotatable bonds is 36. The Kier molecular flexibility index (Phi) is 26.4. The van der Waals surface area contributed by atoms with Crippen molar-refractivity contribution in [1.29, 1.82) is 0 Å². The number of primary amides is 1. The molecule has 2 heterocycles. The van der Waals surface area contributed by atoms with Gasteiger partial charge in [0.1, 0.15) is 12.1 Å². The molecule has 0 bridgehead atoms. The molecule has 1 fully saturated rings. The van der Waals surface area contributed by atoms with Crippen LogP contribution >= 0.6 is 7.82 Å². The van der Waals surface area contributed by atoms with E-state index in [-0.39, 0.29) is 44.1 Å². The minimum absolute atomic E-state index is 0.00364. The number of benzene rings is 1. The van der Waals surface area contributed by atoms with Crippen molar-refractivity contribution in [3.05, 3.63) is 54.1 Å². The number of aliphatic hydroxyl groups excluding tert-OH is 1. The largest absolute Gasteiger partial charge is 0.469 e. The molecule has 1 aliphatic heterocycles. The normalized spacial score (nSPS) is 16.2. The Morgan fingerprint density at radius 2 is 1.54 bits per heavy atom. The molecule has 4 amide bonds. The number of hydrogen-bond donors (Lipinski definition) is 6. The third kappa shape index (κ3) is 21.5. The van der Waals surface area contributed by atoms with Crippen LogP contribution in [0.1, 0.15) is 122 Å². The van der Waals surface area contributed by atoms with Gasteiger partial charge in [-0.25, -0.2) is 9.55 Å². The predicted molar refractivity (Wildman–Crippen MR) is 253 cm³/mol. The number of imidazole rings is 1. The number of nitrogens with zero attached hydrogens (tertiary/aromatic N) is 3. The van der Waals surface area contributed by atoms with Crippen LogP contribution in [0.2, 0.25) is 0 Å². The number of carbonyl (C=O) groups excluding carboxylic acids is 6. The van der Waals surface area contributed by atoms with Crippen LogP contribution in [0, 0.1) is 17.8 Å². The number of amides is 4. The van der Waals surface area contributed by atoms with E-state index in [1.807, 2.05) is 24.5 Å². The van der Waals surface area contributed by atoms with Crippen LogP contribution in [0.15, 0.2) is 42.9 Å². The average molecular weight is 977 g/mol. The van der Waals surface area contributed by atoms with Crippen LogP contribution in [0.5, 0.6) is 0 Å². The van der Waals surface area contributed by atoms with Gasteiger partial charge in [-0.2, -0.15) is 0 Å². The minimum atomic E-state index is -5.07. The second-order valence-corrected chi connectivity index (χ2v) is 19.4. The number of ether oxygens (including phenoxy) is 2. The van der Waals surface area contributed by atoms with E-state index in [0.29, 0.717) is 44.8 Å². The van der Waals surface area contributed by atoms with Gasteiger partial charge in [-0.15, -0.1) is 0 Å². The molecule has 1 aromatic carbocycles. The van der Waals surface area contributed by atoms with E-state index in [1.54, 1.807) is 19.6 Å². The number of unbranched alkanes of at least 4 members (excludes halogenated alkanes) is 7. The number of likely N-dealkylation sites (tertiary alicyclic amines) is 1. The lowest BCUT2D eigenvalue weighted by Gasteiger charge is -2.28. The molecule has 2 aromatic rings. The fourth-order valence-corrected chi connectivity index (χ4v) is 9.07. The van der Waals surface area contributed by atoms with Crippen LogP contribution in [0.4, 0.5) is 0 Å². The summed E-state index contributed by atoms with van der Waals surface area (Å²) >= 11 is 0. The standard InChI is InChI=1S/C48H77N6O13P/c1-34(2)27-40(51-48(61)42-20-16-23-54(42)45(58)21-24-66-26-25-65-4)43(56)29-37(47(60)52-41(32-55)44(57)30-39(46(49)59)35(3)67-68(62,63)64)28-38-31-50-33-53(38)22-15-10-8-6-5-7-9-12-17-36-18-13-11-14-19-36/h11,13-14,18-19,31,33-35,37,39-42,55H,5-10,12,15-17,20-30,32H2,1-4H3,(H2,49,59)(H,51,61)(H,52,60)(H2,62,63,64)/t35-,37-,39+,40+,41+,42+/m1/s1. The summed E-state index contributed by atoms with van der Waals surface area (Å²) in [6.07, 6.45) is 11.8. The van der Waals surface area contributed by atoms with Crippen LogP contribution in [-0.4, -0.2) is 129 Å². The Bertz CT molecular complexity index is 1910. The maximum absolute atomic E-state index is 14.3. The molecule has 19 nitrogen and oxygen atoms in total. The topological polar surface area (TPSA) is 279 Å². The monoisotopic (exact) mass is 977 g/mol. The van der Waals surface area contributed by atoms with Crippen molar-refractivity contribution < 1.29 is 62.2 Å². The van der Waals surface area contributed by atoms with Gasteiger partial charge in [-0.3, -0.25) is 33.3 Å². The maximum atomic E-state index is 14.3. The Hall–Kier alpha value is -4.36. The molecule has 20 heteroatoms. The SMILES string of the molecule is COCCOCCC(=O)N1CCC[C@H]1C(=O)N[C@@H](CC(C)C)C(=O)C[C@@H](Cc1cncn1CCCCCCCCCCc1ccccc1)C(=O)N[C@@H](CO)C(=O)C[C@H](C(N)=O)[C@@H](C)OP(=O)(O)O. The molecule has 382 valence electrons. The van der Waals surface area contributed by atoms with Gasteiger partial charge in [0, 0.05) is 51.4 Å². The Morgan fingerprint density at radius 1 is 0.882 bits per heavy atom. The summed E-state index contributed by atoms with van der Waals surface area (Å²) in [5.41, 5.74) is 7.47. The van der Waals surface area contributed by atoms with Crippen molar-refractivity contribution in [2.75, 3.05) is 40.1 Å². The molecule has 0 spiro atoms. The summed E-state index contributed by atoms with van der Waals surface area (Å²) < 4.78 is 28.4. The summed E-state index contributed by atoms with van der Waals surface area (Å²) in [7, 11) is -3.53. The first-order valence-electron chi connectivity index (χ1n) is 24.1. The van der Waals surface area contributed by atoms with E-state index in [4.69, 9.17) is 15.2 Å². The second kappa shape index (κ2) is 31.0. The highest BCUT2D eigenvalue weighted by Crippen LogP contribution is 2.39. The fourth-order valence-electron chi connectivity index (χ4n) is 8.49. The number of aryl methyl sites for hydroxylation is 2. The molecule has 0 unspecified atom stereocenters. The second-order valence-electron chi connectivity index (χ2n) is 18.2. The van der Waals surface area contributed by atoms with Gasteiger partial charge < -0.3 is 50.2 Å². The highest BCUT2D eigenvalue weighted by Gasteiger charge is 2.38. The van der Waals surface area contributed by atoms with Crippen LogP contribution in [-0.2, 0) is 66.7 Å².